The molecule has 5 heteroatoms. The Balaban J connectivity index is 1.62. The summed E-state index contributed by atoms with van der Waals surface area (Å²) < 4.78 is 0. The average molecular weight is 365 g/mol. The lowest BCUT2D eigenvalue weighted by Crippen LogP contribution is -2.13. The van der Waals surface area contributed by atoms with E-state index in [0.29, 0.717) is 27.5 Å². The fourth-order valence-electron chi connectivity index (χ4n) is 2.35. The zero-order valence-electron chi connectivity index (χ0n) is 14.1. The topological polar surface area (TPSA) is 58.2 Å². The molecule has 0 aromatic heterocycles. The van der Waals surface area contributed by atoms with E-state index < -0.39 is 0 Å². The van der Waals surface area contributed by atoms with Crippen LogP contribution in [-0.4, -0.2) is 11.8 Å². The monoisotopic (exact) mass is 364 g/mol. The van der Waals surface area contributed by atoms with Crippen LogP contribution in [0.15, 0.2) is 72.8 Å². The van der Waals surface area contributed by atoms with E-state index in [4.69, 9.17) is 11.6 Å². The lowest BCUT2D eigenvalue weighted by molar-refractivity contribution is 0.101. The molecule has 0 aliphatic rings. The van der Waals surface area contributed by atoms with Crippen LogP contribution in [0.4, 0.5) is 11.4 Å². The molecule has 3 aromatic rings. The van der Waals surface area contributed by atoms with Crippen molar-refractivity contribution in [1.29, 1.82) is 0 Å². The molecule has 0 saturated heterocycles. The van der Waals surface area contributed by atoms with Gasteiger partial charge < -0.3 is 10.6 Å². The maximum Gasteiger partial charge on any atom is 0.255 e. The third-order valence-electron chi connectivity index (χ3n) is 3.82. The number of carbonyl (C=O) groups excluding carboxylic acids is 2. The van der Waals surface area contributed by atoms with Gasteiger partial charge in [-0.2, -0.15) is 0 Å². The van der Waals surface area contributed by atoms with Gasteiger partial charge in [-0.25, -0.2) is 0 Å². The van der Waals surface area contributed by atoms with Gasteiger partial charge in [0.1, 0.15) is 0 Å². The van der Waals surface area contributed by atoms with Crippen molar-refractivity contribution >= 4 is 34.8 Å². The average Bonchev–Trinajstić information content (AvgIpc) is 2.64. The minimum atomic E-state index is -0.224. The lowest BCUT2D eigenvalue weighted by atomic mass is 10.1. The third-order valence-corrected chi connectivity index (χ3v) is 4.07. The van der Waals surface area contributed by atoms with Gasteiger partial charge in [0, 0.05) is 27.5 Å². The first-order chi connectivity index (χ1) is 12.5. The van der Waals surface area contributed by atoms with Crippen LogP contribution in [0, 0.1) is 6.92 Å². The number of amides is 2. The molecule has 0 saturated carbocycles. The Bertz CT molecular complexity index is 839. The molecule has 0 atom stereocenters. The first-order valence-corrected chi connectivity index (χ1v) is 8.44. The minimum Gasteiger partial charge on any atom is -0.322 e. The molecule has 3 aromatic carbocycles. The van der Waals surface area contributed by atoms with Crippen molar-refractivity contribution in [1.82, 2.24) is 0 Å². The molecule has 0 spiro atoms. The van der Waals surface area contributed by atoms with Crippen molar-refractivity contribution in [2.45, 2.75) is 6.92 Å². The van der Waals surface area contributed by atoms with E-state index in [1.54, 1.807) is 60.7 Å². The highest BCUT2D eigenvalue weighted by Gasteiger charge is 2.08. The van der Waals surface area contributed by atoms with Crippen molar-refractivity contribution in [2.24, 2.45) is 0 Å². The Kier molecular flexibility index (Phi) is 5.34. The van der Waals surface area contributed by atoms with Crippen LogP contribution in [0.25, 0.3) is 0 Å². The number of carbonyl (C=O) groups is 2. The molecular formula is C21H17ClN2O2. The minimum absolute atomic E-state index is 0.178. The molecule has 0 radical (unpaired) electrons. The molecule has 2 N–H and O–H groups in total. The molecule has 130 valence electrons. The van der Waals surface area contributed by atoms with E-state index in [-0.39, 0.29) is 11.8 Å². The maximum atomic E-state index is 12.2. The predicted octanol–water partition coefficient (Wildman–Crippen LogP) is 5.15. The highest BCUT2D eigenvalue weighted by Crippen LogP contribution is 2.17. The van der Waals surface area contributed by atoms with Crippen LogP contribution in [0.5, 0.6) is 0 Å². The Morgan fingerprint density at radius 1 is 0.654 bits per heavy atom. The van der Waals surface area contributed by atoms with Crippen LogP contribution in [-0.2, 0) is 0 Å². The van der Waals surface area contributed by atoms with E-state index >= 15 is 0 Å². The maximum absolute atomic E-state index is 12.2. The fourth-order valence-corrected chi connectivity index (χ4v) is 2.48. The van der Waals surface area contributed by atoms with Gasteiger partial charge in [0.2, 0.25) is 0 Å². The molecule has 0 aliphatic heterocycles. The van der Waals surface area contributed by atoms with E-state index in [9.17, 15) is 9.59 Å². The third kappa shape index (κ3) is 4.49. The molecule has 4 nitrogen and oxygen atoms in total. The fraction of sp³-hybridized carbons (Fsp3) is 0.0476. The van der Waals surface area contributed by atoms with Crippen molar-refractivity contribution in [3.63, 3.8) is 0 Å². The molecule has 26 heavy (non-hydrogen) atoms. The summed E-state index contributed by atoms with van der Waals surface area (Å²) in [5.74, 6) is -0.402. The molecule has 0 bridgehead atoms. The van der Waals surface area contributed by atoms with Gasteiger partial charge in [-0.3, -0.25) is 9.59 Å². The summed E-state index contributed by atoms with van der Waals surface area (Å²) in [5, 5.41) is 6.21. The summed E-state index contributed by atoms with van der Waals surface area (Å²) in [7, 11) is 0. The predicted molar refractivity (Wildman–Crippen MR) is 105 cm³/mol. The summed E-state index contributed by atoms with van der Waals surface area (Å²) in [4.78, 5) is 24.4. The quantitative estimate of drug-likeness (QED) is 0.672. The number of halogens is 1. The summed E-state index contributed by atoms with van der Waals surface area (Å²) in [6, 6.07) is 21.0. The van der Waals surface area contributed by atoms with E-state index in [2.05, 4.69) is 10.6 Å². The van der Waals surface area contributed by atoms with E-state index in [0.717, 1.165) is 5.56 Å². The second-order valence-corrected chi connectivity index (χ2v) is 6.29. The Morgan fingerprint density at radius 3 is 1.46 bits per heavy atom. The largest absolute Gasteiger partial charge is 0.322 e. The van der Waals surface area contributed by atoms with E-state index in [1.165, 1.54) is 0 Å². The number of anilines is 2. The zero-order chi connectivity index (χ0) is 18.5. The van der Waals surface area contributed by atoms with Gasteiger partial charge in [-0.1, -0.05) is 29.3 Å². The van der Waals surface area contributed by atoms with Crippen LogP contribution >= 0.6 is 11.6 Å². The van der Waals surface area contributed by atoms with Crippen LogP contribution < -0.4 is 10.6 Å². The van der Waals surface area contributed by atoms with Crippen molar-refractivity contribution in [3.05, 3.63) is 94.5 Å². The normalized spacial score (nSPS) is 10.2. The lowest BCUT2D eigenvalue weighted by Gasteiger charge is -2.08. The second kappa shape index (κ2) is 7.85. The number of hydrogen-bond donors (Lipinski definition) is 2. The number of aryl methyl sites for hydroxylation is 1. The van der Waals surface area contributed by atoms with Crippen molar-refractivity contribution < 1.29 is 9.59 Å². The Morgan fingerprint density at radius 2 is 1.04 bits per heavy atom. The van der Waals surface area contributed by atoms with Crippen molar-refractivity contribution in [3.8, 4) is 0 Å². The summed E-state index contributed by atoms with van der Waals surface area (Å²) >= 11 is 5.82. The summed E-state index contributed by atoms with van der Waals surface area (Å²) in [6.07, 6.45) is 0. The van der Waals surface area contributed by atoms with Crippen LogP contribution in [0.3, 0.4) is 0 Å². The first kappa shape index (κ1) is 17.7. The number of rotatable bonds is 4. The smallest absolute Gasteiger partial charge is 0.255 e. The highest BCUT2D eigenvalue weighted by molar-refractivity contribution is 6.30. The zero-order valence-corrected chi connectivity index (χ0v) is 14.9. The van der Waals surface area contributed by atoms with Gasteiger partial charge in [0.15, 0.2) is 0 Å². The molecule has 0 aliphatic carbocycles. The van der Waals surface area contributed by atoms with Gasteiger partial charge in [0.25, 0.3) is 11.8 Å². The first-order valence-electron chi connectivity index (χ1n) is 8.06. The van der Waals surface area contributed by atoms with Crippen molar-refractivity contribution in [2.75, 3.05) is 10.6 Å². The molecule has 0 unspecified atom stereocenters. The molecule has 0 fully saturated rings. The standard InChI is InChI=1S/C21H17ClN2O2/c1-14-2-4-15(5-3-14)20(25)23-18-10-12-19(13-11-18)24-21(26)16-6-8-17(22)9-7-16/h2-13H,1H3,(H,23,25)(H,24,26). The Labute approximate surface area is 156 Å². The molecule has 0 heterocycles. The van der Waals surface area contributed by atoms with Gasteiger partial charge in [0.05, 0.1) is 0 Å². The van der Waals surface area contributed by atoms with E-state index in [1.807, 2.05) is 19.1 Å². The molecular weight excluding hydrogens is 348 g/mol. The number of benzene rings is 3. The second-order valence-electron chi connectivity index (χ2n) is 5.86. The molecule has 3 rings (SSSR count). The summed E-state index contributed by atoms with van der Waals surface area (Å²) in [5.41, 5.74) is 3.50. The number of hydrogen-bond acceptors (Lipinski definition) is 2. The Hall–Kier alpha value is -3.11. The highest BCUT2D eigenvalue weighted by atomic mass is 35.5. The molecule has 2 amide bonds. The van der Waals surface area contributed by atoms with Crippen LogP contribution in [0.2, 0.25) is 5.02 Å². The van der Waals surface area contributed by atoms with Gasteiger partial charge in [-0.15, -0.1) is 0 Å². The summed E-state index contributed by atoms with van der Waals surface area (Å²) in [6.45, 7) is 1.97. The van der Waals surface area contributed by atoms with Gasteiger partial charge in [-0.05, 0) is 67.6 Å². The number of nitrogens with one attached hydrogen (secondary N) is 2. The van der Waals surface area contributed by atoms with Gasteiger partial charge >= 0.3 is 0 Å². The van der Waals surface area contributed by atoms with Crippen LogP contribution in [0.1, 0.15) is 26.3 Å². The SMILES string of the molecule is Cc1ccc(C(=O)Nc2ccc(NC(=O)c3ccc(Cl)cc3)cc2)cc1.